The molecule has 2 aromatic rings. The molecule has 7 nitrogen and oxygen atoms in total. The van der Waals surface area contributed by atoms with Gasteiger partial charge >= 0.3 is 11.9 Å². The zero-order valence-corrected chi connectivity index (χ0v) is 15.8. The lowest BCUT2D eigenvalue weighted by Gasteiger charge is -2.13. The molecule has 0 saturated carbocycles. The van der Waals surface area contributed by atoms with Gasteiger partial charge in [0.25, 0.3) is 5.91 Å². The molecule has 1 atom stereocenters. The summed E-state index contributed by atoms with van der Waals surface area (Å²) in [6, 6.07) is 13.3. The quantitative estimate of drug-likeness (QED) is 0.584. The van der Waals surface area contributed by atoms with E-state index < -0.39 is 23.9 Å². The van der Waals surface area contributed by atoms with Gasteiger partial charge in [-0.1, -0.05) is 18.2 Å². The molecule has 1 N–H and O–H groups in total. The molecule has 0 aliphatic carbocycles. The minimum atomic E-state index is -0.981. The molecule has 2 aromatic carbocycles. The van der Waals surface area contributed by atoms with E-state index >= 15 is 0 Å². The highest BCUT2D eigenvalue weighted by Gasteiger charge is 2.16. The van der Waals surface area contributed by atoms with Crippen molar-refractivity contribution in [1.82, 2.24) is 0 Å². The molecule has 0 aliphatic rings. The number of methoxy groups -OCH3 is 2. The van der Waals surface area contributed by atoms with Gasteiger partial charge < -0.3 is 19.5 Å². The first-order valence-corrected chi connectivity index (χ1v) is 8.45. The lowest BCUT2D eigenvalue weighted by Crippen LogP contribution is -2.29. The Kier molecular flexibility index (Phi) is 7.33. The Morgan fingerprint density at radius 1 is 1.04 bits per heavy atom. The van der Waals surface area contributed by atoms with Crippen LogP contribution in [0.1, 0.15) is 22.8 Å². The Balaban J connectivity index is 1.89. The van der Waals surface area contributed by atoms with Gasteiger partial charge in [-0.05, 0) is 42.8 Å². The van der Waals surface area contributed by atoms with Crippen LogP contribution in [0.2, 0.25) is 0 Å². The van der Waals surface area contributed by atoms with Crippen molar-refractivity contribution in [3.05, 3.63) is 65.7 Å². The van der Waals surface area contributed by atoms with Crippen molar-refractivity contribution < 1.29 is 28.6 Å². The number of esters is 2. The predicted molar refractivity (Wildman–Crippen MR) is 104 cm³/mol. The molecule has 146 valence electrons. The maximum absolute atomic E-state index is 12.2. The average Bonchev–Trinajstić information content (AvgIpc) is 2.72. The summed E-state index contributed by atoms with van der Waals surface area (Å²) in [6.45, 7) is 1.48. The van der Waals surface area contributed by atoms with Gasteiger partial charge in [-0.3, -0.25) is 4.79 Å². The third kappa shape index (κ3) is 5.98. The number of carbonyl (C=O) groups excluding carboxylic acids is 3. The molecule has 0 heterocycles. The van der Waals surface area contributed by atoms with E-state index in [0.29, 0.717) is 22.6 Å². The Morgan fingerprint density at radius 2 is 1.75 bits per heavy atom. The van der Waals surface area contributed by atoms with E-state index in [1.807, 2.05) is 0 Å². The molecular weight excluding hydrogens is 362 g/mol. The molecule has 0 unspecified atom stereocenters. The Bertz CT molecular complexity index is 873. The highest BCUT2D eigenvalue weighted by Crippen LogP contribution is 2.17. The lowest BCUT2D eigenvalue weighted by atomic mass is 10.1. The summed E-state index contributed by atoms with van der Waals surface area (Å²) < 4.78 is 14.8. The summed E-state index contributed by atoms with van der Waals surface area (Å²) in [4.78, 5) is 35.5. The molecule has 0 aliphatic heterocycles. The Labute approximate surface area is 162 Å². The minimum Gasteiger partial charge on any atom is -0.497 e. The Morgan fingerprint density at radius 3 is 2.39 bits per heavy atom. The van der Waals surface area contributed by atoms with Crippen molar-refractivity contribution in [2.75, 3.05) is 19.5 Å². The van der Waals surface area contributed by atoms with Crippen molar-refractivity contribution in [2.24, 2.45) is 0 Å². The maximum atomic E-state index is 12.2. The fraction of sp³-hybridized carbons (Fsp3) is 0.190. The van der Waals surface area contributed by atoms with Crippen LogP contribution in [0.25, 0.3) is 6.08 Å². The Hall–Kier alpha value is -3.61. The van der Waals surface area contributed by atoms with E-state index in [1.54, 1.807) is 48.5 Å². The second kappa shape index (κ2) is 9.91. The summed E-state index contributed by atoms with van der Waals surface area (Å²) in [7, 11) is 2.83. The molecule has 0 spiro atoms. The summed E-state index contributed by atoms with van der Waals surface area (Å²) in [5.41, 5.74) is 1.64. The molecule has 7 heteroatoms. The van der Waals surface area contributed by atoms with Crippen LogP contribution >= 0.6 is 0 Å². The van der Waals surface area contributed by atoms with E-state index in [4.69, 9.17) is 9.47 Å². The number of rotatable bonds is 7. The SMILES string of the molecule is COC(=O)c1ccc(/C=C/C(=O)O[C@@H](C)C(=O)Nc2cccc(OC)c2)cc1. The van der Waals surface area contributed by atoms with E-state index in [1.165, 1.54) is 33.3 Å². The normalized spacial score (nSPS) is 11.5. The van der Waals surface area contributed by atoms with Gasteiger partial charge in [0.1, 0.15) is 5.75 Å². The van der Waals surface area contributed by atoms with Gasteiger partial charge in [-0.2, -0.15) is 0 Å². The topological polar surface area (TPSA) is 90.9 Å². The van der Waals surface area contributed by atoms with Gasteiger partial charge in [-0.25, -0.2) is 9.59 Å². The first-order chi connectivity index (χ1) is 13.4. The zero-order chi connectivity index (χ0) is 20.5. The smallest absolute Gasteiger partial charge is 0.337 e. The third-order valence-electron chi connectivity index (χ3n) is 3.74. The maximum Gasteiger partial charge on any atom is 0.337 e. The van der Waals surface area contributed by atoms with Gasteiger partial charge in [0.2, 0.25) is 0 Å². The summed E-state index contributed by atoms with van der Waals surface area (Å²) in [5.74, 6) is -0.961. The van der Waals surface area contributed by atoms with Crippen LogP contribution in [0.4, 0.5) is 5.69 Å². The number of hydrogen-bond acceptors (Lipinski definition) is 6. The van der Waals surface area contributed by atoms with Crippen molar-refractivity contribution in [3.63, 3.8) is 0 Å². The zero-order valence-electron chi connectivity index (χ0n) is 15.8. The first kappa shape index (κ1) is 20.7. The van der Waals surface area contributed by atoms with E-state index in [0.717, 1.165) is 0 Å². The highest BCUT2D eigenvalue weighted by atomic mass is 16.5. The number of anilines is 1. The average molecular weight is 383 g/mol. The number of nitrogens with one attached hydrogen (secondary N) is 1. The second-order valence-electron chi connectivity index (χ2n) is 5.75. The molecule has 2 rings (SSSR count). The first-order valence-electron chi connectivity index (χ1n) is 8.45. The van der Waals surface area contributed by atoms with Gasteiger partial charge in [0.05, 0.1) is 19.8 Å². The number of carbonyl (C=O) groups is 3. The fourth-order valence-corrected chi connectivity index (χ4v) is 2.22. The van der Waals surface area contributed by atoms with Gasteiger partial charge in [0, 0.05) is 17.8 Å². The van der Waals surface area contributed by atoms with E-state index in [2.05, 4.69) is 10.1 Å². The summed E-state index contributed by atoms with van der Waals surface area (Å²) >= 11 is 0. The van der Waals surface area contributed by atoms with Crippen molar-refractivity contribution in [1.29, 1.82) is 0 Å². The van der Waals surface area contributed by atoms with Crippen LogP contribution < -0.4 is 10.1 Å². The lowest BCUT2D eigenvalue weighted by molar-refractivity contribution is -0.148. The van der Waals surface area contributed by atoms with Crippen LogP contribution in [0, 0.1) is 0 Å². The van der Waals surface area contributed by atoms with Crippen molar-refractivity contribution in [2.45, 2.75) is 13.0 Å². The molecule has 0 bridgehead atoms. The molecular formula is C21H21NO6. The third-order valence-corrected chi connectivity index (χ3v) is 3.74. The number of hydrogen-bond donors (Lipinski definition) is 1. The van der Waals surface area contributed by atoms with Gasteiger partial charge in [-0.15, -0.1) is 0 Å². The number of amides is 1. The van der Waals surface area contributed by atoms with E-state index in [-0.39, 0.29) is 0 Å². The monoisotopic (exact) mass is 383 g/mol. The molecule has 0 fully saturated rings. The summed E-state index contributed by atoms with van der Waals surface area (Å²) in [5, 5.41) is 2.65. The highest BCUT2D eigenvalue weighted by molar-refractivity contribution is 5.96. The van der Waals surface area contributed by atoms with Crippen LogP contribution in [-0.4, -0.2) is 38.2 Å². The second-order valence-corrected chi connectivity index (χ2v) is 5.75. The largest absolute Gasteiger partial charge is 0.497 e. The molecule has 1 amide bonds. The summed E-state index contributed by atoms with van der Waals surface area (Å²) in [6.07, 6.45) is 1.75. The number of benzene rings is 2. The molecule has 0 radical (unpaired) electrons. The van der Waals surface area contributed by atoms with E-state index in [9.17, 15) is 14.4 Å². The van der Waals surface area contributed by atoms with Crippen molar-refractivity contribution >= 4 is 29.6 Å². The molecule has 0 aromatic heterocycles. The predicted octanol–water partition coefficient (Wildman–Crippen LogP) is 3.07. The van der Waals surface area contributed by atoms with Gasteiger partial charge in [0.15, 0.2) is 6.10 Å². The van der Waals surface area contributed by atoms with Crippen LogP contribution in [0.5, 0.6) is 5.75 Å². The molecule has 28 heavy (non-hydrogen) atoms. The van der Waals surface area contributed by atoms with Crippen molar-refractivity contribution in [3.8, 4) is 5.75 Å². The molecule has 0 saturated heterocycles. The van der Waals surface area contributed by atoms with Crippen LogP contribution in [0.15, 0.2) is 54.6 Å². The minimum absolute atomic E-state index is 0.407. The fourth-order valence-electron chi connectivity index (χ4n) is 2.22. The number of ether oxygens (including phenoxy) is 3. The standard InChI is InChI=1S/C21H21NO6/c1-14(20(24)22-17-5-4-6-18(13-17)26-2)28-19(23)12-9-15-7-10-16(11-8-15)21(25)27-3/h4-14H,1-3H3,(H,22,24)/b12-9+/t14-/m0/s1. The van der Waals surface area contributed by atoms with Crippen LogP contribution in [0.3, 0.4) is 0 Å². The van der Waals surface area contributed by atoms with Crippen LogP contribution in [-0.2, 0) is 19.1 Å².